The molecule has 4 rings (SSSR count). The predicted molar refractivity (Wildman–Crippen MR) is 128 cm³/mol. The van der Waals surface area contributed by atoms with E-state index in [-0.39, 0.29) is 5.91 Å². The summed E-state index contributed by atoms with van der Waals surface area (Å²) in [6.07, 6.45) is 3.42. The minimum absolute atomic E-state index is 0.342. The predicted octanol–water partition coefficient (Wildman–Crippen LogP) is 5.88. The van der Waals surface area contributed by atoms with Crippen LogP contribution < -0.4 is 5.43 Å². The highest BCUT2D eigenvalue weighted by Crippen LogP contribution is 2.31. The number of aromatic nitrogens is 3. The molecule has 1 amide bonds. The van der Waals surface area contributed by atoms with Crippen molar-refractivity contribution in [2.75, 3.05) is 0 Å². The van der Waals surface area contributed by atoms with Crippen LogP contribution in [0.4, 0.5) is 0 Å². The van der Waals surface area contributed by atoms with Gasteiger partial charge in [-0.1, -0.05) is 29.3 Å². The Morgan fingerprint density at radius 1 is 1.19 bits per heavy atom. The number of fused-ring (bicyclic) bond motifs is 1. The van der Waals surface area contributed by atoms with Crippen molar-refractivity contribution in [3.8, 4) is 5.69 Å². The lowest BCUT2D eigenvalue weighted by Gasteiger charge is -2.12. The number of carbonyl (C=O) groups excluding carboxylic acids is 1. The molecule has 0 aliphatic heterocycles. The lowest BCUT2D eigenvalue weighted by atomic mass is 10.2. The number of aryl methyl sites for hydroxylation is 2. The Bertz CT molecular complexity index is 1360. The summed E-state index contributed by atoms with van der Waals surface area (Å²) < 4.78 is 4.59. The molecule has 0 spiro atoms. The Morgan fingerprint density at radius 2 is 1.97 bits per heavy atom. The van der Waals surface area contributed by atoms with Crippen LogP contribution in [0.1, 0.15) is 33.1 Å². The van der Waals surface area contributed by atoms with Crippen LogP contribution in [0.2, 0.25) is 10.0 Å². The Labute approximate surface area is 197 Å². The van der Waals surface area contributed by atoms with Crippen LogP contribution in [-0.4, -0.2) is 26.1 Å². The van der Waals surface area contributed by atoms with Crippen molar-refractivity contribution in [3.05, 3.63) is 85.5 Å². The first kappa shape index (κ1) is 21.6. The van der Waals surface area contributed by atoms with Gasteiger partial charge in [0.15, 0.2) is 0 Å². The molecule has 1 N–H and O–H groups in total. The molecule has 158 valence electrons. The van der Waals surface area contributed by atoms with Gasteiger partial charge < -0.3 is 4.57 Å². The number of pyridine rings is 1. The quantitative estimate of drug-likeness (QED) is 0.270. The first-order valence-corrected chi connectivity index (χ1v) is 10.9. The number of carbonyl (C=O) groups is 1. The van der Waals surface area contributed by atoms with Crippen LogP contribution in [-0.2, 0) is 0 Å². The third kappa shape index (κ3) is 4.01. The summed E-state index contributed by atoms with van der Waals surface area (Å²) in [7, 11) is 0. The maximum Gasteiger partial charge on any atom is 0.290 e. The largest absolute Gasteiger partial charge is 0.316 e. The summed E-state index contributed by atoms with van der Waals surface area (Å²) in [6, 6.07) is 11.2. The first-order chi connectivity index (χ1) is 14.8. The Balaban J connectivity index is 1.61. The van der Waals surface area contributed by atoms with E-state index in [1.165, 1.54) is 0 Å². The van der Waals surface area contributed by atoms with E-state index in [9.17, 15) is 4.79 Å². The Hall–Kier alpha value is -2.61. The van der Waals surface area contributed by atoms with E-state index in [1.54, 1.807) is 29.8 Å². The third-order valence-corrected chi connectivity index (χ3v) is 6.26. The first-order valence-electron chi connectivity index (χ1n) is 9.39. The van der Waals surface area contributed by atoms with Crippen LogP contribution in [0, 0.1) is 20.8 Å². The van der Waals surface area contributed by atoms with E-state index in [1.807, 2.05) is 48.7 Å². The molecule has 0 saturated carbocycles. The van der Waals surface area contributed by atoms with Gasteiger partial charge in [-0.25, -0.2) is 10.4 Å². The number of hydrogen-bond donors (Lipinski definition) is 1. The topological polar surface area (TPSA) is 63.7 Å². The molecule has 0 fully saturated rings. The summed E-state index contributed by atoms with van der Waals surface area (Å²) >= 11 is 16.0. The number of hydrogen-bond acceptors (Lipinski definition) is 3. The third-order valence-electron chi connectivity index (χ3n) is 4.98. The fraction of sp³-hybridized carbons (Fsp3) is 0.136. The molecule has 3 aromatic heterocycles. The molecule has 0 saturated heterocycles. The summed E-state index contributed by atoms with van der Waals surface area (Å²) in [5, 5.41) is 5.14. The molecule has 0 radical (unpaired) electrons. The summed E-state index contributed by atoms with van der Waals surface area (Å²) in [6.45, 7) is 5.72. The Morgan fingerprint density at radius 3 is 2.74 bits per heavy atom. The average Bonchev–Trinajstić information content (AvgIpc) is 3.19. The fourth-order valence-corrected chi connectivity index (χ4v) is 4.29. The zero-order valence-electron chi connectivity index (χ0n) is 16.9. The summed E-state index contributed by atoms with van der Waals surface area (Å²) in [5.41, 5.74) is 7.89. The molecule has 9 heteroatoms. The van der Waals surface area contributed by atoms with Crippen LogP contribution in [0.5, 0.6) is 0 Å². The highest BCUT2D eigenvalue weighted by molar-refractivity contribution is 9.10. The molecular weight excluding hydrogens is 501 g/mol. The van der Waals surface area contributed by atoms with Crippen molar-refractivity contribution in [2.24, 2.45) is 5.10 Å². The number of rotatable bonds is 4. The minimum atomic E-state index is -0.342. The molecule has 0 aliphatic carbocycles. The van der Waals surface area contributed by atoms with Crippen LogP contribution in [0.3, 0.4) is 0 Å². The van der Waals surface area contributed by atoms with Crippen molar-refractivity contribution < 1.29 is 4.79 Å². The second kappa shape index (κ2) is 8.49. The van der Waals surface area contributed by atoms with Gasteiger partial charge in [0.1, 0.15) is 11.3 Å². The van der Waals surface area contributed by atoms with Crippen LogP contribution in [0.15, 0.2) is 52.2 Å². The minimum Gasteiger partial charge on any atom is -0.316 e. The van der Waals surface area contributed by atoms with Gasteiger partial charge in [0.05, 0.1) is 27.6 Å². The van der Waals surface area contributed by atoms with Crippen LogP contribution >= 0.6 is 39.1 Å². The zero-order chi connectivity index (χ0) is 22.3. The normalized spacial score (nSPS) is 11.5. The van der Waals surface area contributed by atoms with Gasteiger partial charge in [-0.2, -0.15) is 5.10 Å². The number of hydrazone groups is 1. The average molecular weight is 519 g/mol. The van der Waals surface area contributed by atoms with E-state index in [2.05, 4.69) is 31.4 Å². The van der Waals surface area contributed by atoms with Crippen LogP contribution in [0.25, 0.3) is 11.3 Å². The summed E-state index contributed by atoms with van der Waals surface area (Å²) in [5.74, 6) is -0.342. The molecule has 0 atom stereocenters. The van der Waals surface area contributed by atoms with E-state index in [4.69, 9.17) is 23.2 Å². The number of imidazole rings is 1. The van der Waals surface area contributed by atoms with E-state index in [0.29, 0.717) is 27.1 Å². The fourth-order valence-electron chi connectivity index (χ4n) is 3.58. The van der Waals surface area contributed by atoms with Crippen molar-refractivity contribution in [1.82, 2.24) is 19.4 Å². The molecule has 1 aromatic carbocycles. The number of benzene rings is 1. The van der Waals surface area contributed by atoms with Gasteiger partial charge in [0.2, 0.25) is 0 Å². The van der Waals surface area contributed by atoms with Crippen molar-refractivity contribution in [3.63, 3.8) is 0 Å². The monoisotopic (exact) mass is 517 g/mol. The maximum absolute atomic E-state index is 12.8. The Kier molecular flexibility index (Phi) is 5.92. The number of amides is 1. The van der Waals surface area contributed by atoms with Gasteiger partial charge in [0.25, 0.3) is 5.91 Å². The lowest BCUT2D eigenvalue weighted by Crippen LogP contribution is -2.20. The van der Waals surface area contributed by atoms with Crippen molar-refractivity contribution >= 4 is 56.9 Å². The van der Waals surface area contributed by atoms with Gasteiger partial charge in [-0.3, -0.25) is 9.20 Å². The highest BCUT2D eigenvalue weighted by atomic mass is 79.9. The molecule has 0 unspecified atom stereocenters. The zero-order valence-corrected chi connectivity index (χ0v) is 20.0. The lowest BCUT2D eigenvalue weighted by molar-refractivity contribution is 0.0948. The van der Waals surface area contributed by atoms with Crippen molar-refractivity contribution in [2.45, 2.75) is 20.8 Å². The molecule has 31 heavy (non-hydrogen) atoms. The summed E-state index contributed by atoms with van der Waals surface area (Å²) in [4.78, 5) is 17.2. The number of nitrogens with one attached hydrogen (secondary N) is 1. The SMILES string of the molecule is Cc1nc2ccc(Br)cn2c1C(=O)N/N=C\c1cc(C)n(-c2cccc(Cl)c2Cl)c1C. The number of nitrogens with zero attached hydrogens (tertiary/aromatic N) is 4. The molecular formula is C22H18BrCl2N5O. The standard InChI is InChI=1S/C22H18BrCl2N5O/c1-12-9-15(14(3)30(12)18-6-4-5-17(24)20(18)25)10-26-28-22(31)21-13(2)27-19-8-7-16(23)11-29(19)21/h4-11H,1-3H3,(H,28,31)/b26-10-. The maximum atomic E-state index is 12.8. The highest BCUT2D eigenvalue weighted by Gasteiger charge is 2.17. The second-order valence-corrected chi connectivity index (χ2v) is 8.76. The smallest absolute Gasteiger partial charge is 0.290 e. The molecule has 0 aliphatic rings. The number of halogens is 3. The molecule has 4 aromatic rings. The van der Waals surface area contributed by atoms with Gasteiger partial charge in [-0.05, 0) is 67.0 Å². The molecule has 3 heterocycles. The van der Waals surface area contributed by atoms with Gasteiger partial charge in [-0.15, -0.1) is 0 Å². The second-order valence-electron chi connectivity index (χ2n) is 7.06. The molecule has 6 nitrogen and oxygen atoms in total. The van der Waals surface area contributed by atoms with Gasteiger partial charge in [0, 0.05) is 27.6 Å². The van der Waals surface area contributed by atoms with E-state index in [0.717, 1.165) is 27.1 Å². The van der Waals surface area contributed by atoms with Crippen molar-refractivity contribution in [1.29, 1.82) is 0 Å². The van der Waals surface area contributed by atoms with E-state index < -0.39 is 0 Å². The molecule has 0 bridgehead atoms. The van der Waals surface area contributed by atoms with E-state index >= 15 is 0 Å². The van der Waals surface area contributed by atoms with Gasteiger partial charge >= 0.3 is 0 Å².